The molecule has 16 heavy (non-hydrogen) atoms. The van der Waals surface area contributed by atoms with Crippen LogP contribution in [0.5, 0.6) is 0 Å². The Morgan fingerprint density at radius 3 is 2.62 bits per heavy atom. The summed E-state index contributed by atoms with van der Waals surface area (Å²) in [5, 5.41) is 0. The lowest BCUT2D eigenvalue weighted by molar-refractivity contribution is 0.627. The van der Waals surface area contributed by atoms with Gasteiger partial charge in [-0.25, -0.2) is 0 Å². The Bertz CT molecular complexity index is 476. The highest BCUT2D eigenvalue weighted by atomic mass is 19.1. The van der Waals surface area contributed by atoms with Crippen LogP contribution in [0.1, 0.15) is 29.8 Å². The molecule has 0 N–H and O–H groups in total. The second-order valence-corrected chi connectivity index (χ2v) is 3.81. The van der Waals surface area contributed by atoms with Gasteiger partial charge in [0.15, 0.2) is 5.82 Å². The fourth-order valence-corrected chi connectivity index (χ4v) is 1.60. The second kappa shape index (κ2) is 4.32. The van der Waals surface area contributed by atoms with Crippen molar-refractivity contribution in [2.45, 2.75) is 19.8 Å². The van der Waals surface area contributed by atoms with Crippen molar-refractivity contribution in [1.82, 2.24) is 4.98 Å². The molecule has 0 bridgehead atoms. The smallest absolute Gasteiger partial charge is 0.173 e. The van der Waals surface area contributed by atoms with E-state index >= 15 is 0 Å². The van der Waals surface area contributed by atoms with Gasteiger partial charge in [0, 0.05) is 22.9 Å². The molecule has 0 amide bonds. The van der Waals surface area contributed by atoms with Crippen molar-refractivity contribution in [2.75, 3.05) is 0 Å². The molecule has 0 aliphatic heterocycles. The Morgan fingerprint density at radius 2 is 2.00 bits per heavy atom. The predicted octanol–water partition coefficient (Wildman–Crippen LogP) is 3.28. The van der Waals surface area contributed by atoms with Crippen LogP contribution in [-0.4, -0.2) is 4.98 Å². The monoisotopic (exact) mass is 213 g/mol. The van der Waals surface area contributed by atoms with E-state index < -0.39 is 0 Å². The maximum absolute atomic E-state index is 12.7. The molecular weight excluding hydrogens is 201 g/mol. The van der Waals surface area contributed by atoms with Gasteiger partial charge in [0.25, 0.3) is 0 Å². The van der Waals surface area contributed by atoms with Gasteiger partial charge in [-0.3, -0.25) is 4.98 Å². The molecule has 0 spiro atoms. The number of rotatable bonds is 2. The molecule has 0 radical (unpaired) electrons. The first-order valence-electron chi connectivity index (χ1n) is 5.20. The number of hydrogen-bond donors (Lipinski definition) is 0. The molecule has 2 aromatic rings. The number of nitrogens with zero attached hydrogens (tertiary/aromatic N) is 1. The van der Waals surface area contributed by atoms with E-state index in [0.29, 0.717) is 0 Å². The van der Waals surface area contributed by atoms with E-state index in [1.807, 2.05) is 32.0 Å². The number of pyridine rings is 1. The van der Waals surface area contributed by atoms with Gasteiger partial charge in [-0.15, -0.1) is 0 Å². The summed E-state index contributed by atoms with van der Waals surface area (Å²) in [6.45, 7) is 3.98. The van der Waals surface area contributed by atoms with E-state index in [2.05, 4.69) is 17.1 Å². The number of aromatic nitrogens is 1. The van der Waals surface area contributed by atoms with Crippen LogP contribution in [0.15, 0.2) is 30.3 Å². The third-order valence-corrected chi connectivity index (χ3v) is 2.56. The molecule has 80 valence electrons. The van der Waals surface area contributed by atoms with Crippen LogP contribution in [0.2, 0.25) is 0 Å². The normalized spacial score (nSPS) is 11.9. The van der Waals surface area contributed by atoms with Gasteiger partial charge in [-0.2, -0.15) is 4.39 Å². The average molecular weight is 213 g/mol. The summed E-state index contributed by atoms with van der Waals surface area (Å²) in [6.07, 6.45) is 0. The summed E-state index contributed by atoms with van der Waals surface area (Å²) in [7, 11) is 0. The Hall–Kier alpha value is -1.88. The molecule has 0 aliphatic rings. The predicted molar refractivity (Wildman–Crippen MR) is 60.6 cm³/mol. The van der Waals surface area contributed by atoms with Crippen LogP contribution >= 0.6 is 0 Å². The summed E-state index contributed by atoms with van der Waals surface area (Å²) >= 11 is 0. The summed E-state index contributed by atoms with van der Waals surface area (Å²) in [6, 6.07) is 14.3. The quantitative estimate of drug-likeness (QED) is 0.746. The lowest BCUT2D eigenvalue weighted by atomic mass is 9.98. The highest BCUT2D eigenvalue weighted by Gasteiger charge is 2.09. The highest BCUT2D eigenvalue weighted by Crippen LogP contribution is 2.20. The average Bonchev–Trinajstić information content (AvgIpc) is 2.29. The third kappa shape index (κ3) is 2.20. The minimum Gasteiger partial charge on any atom is -0.258 e. The molecule has 2 heteroatoms. The van der Waals surface area contributed by atoms with Crippen molar-refractivity contribution >= 4 is 0 Å². The molecular formula is C14H12FN. The zero-order valence-electron chi connectivity index (χ0n) is 9.29. The molecule has 0 saturated heterocycles. The maximum Gasteiger partial charge on any atom is 0.173 e. The molecule has 0 saturated carbocycles. The SMILES string of the molecule is Cc1cccc(C(C)c2c#cc(F)cc2)n1. The van der Waals surface area contributed by atoms with Gasteiger partial charge in [0.05, 0.1) is 0 Å². The van der Waals surface area contributed by atoms with Crippen LogP contribution in [0.3, 0.4) is 0 Å². The van der Waals surface area contributed by atoms with Crippen LogP contribution < -0.4 is 0 Å². The minimum absolute atomic E-state index is 0.108. The molecule has 0 aliphatic carbocycles. The van der Waals surface area contributed by atoms with E-state index in [9.17, 15) is 4.39 Å². The summed E-state index contributed by atoms with van der Waals surface area (Å²) < 4.78 is 12.7. The first kappa shape index (κ1) is 10.6. The second-order valence-electron chi connectivity index (χ2n) is 3.81. The lowest BCUT2D eigenvalue weighted by Crippen LogP contribution is -1.99. The van der Waals surface area contributed by atoms with Crippen LogP contribution in [0.25, 0.3) is 0 Å². The Labute approximate surface area is 95.0 Å². The molecule has 2 rings (SSSR count). The van der Waals surface area contributed by atoms with Crippen molar-refractivity contribution in [2.24, 2.45) is 0 Å². The van der Waals surface area contributed by atoms with Gasteiger partial charge < -0.3 is 0 Å². The van der Waals surface area contributed by atoms with Crippen LogP contribution in [0, 0.1) is 24.9 Å². The fraction of sp³-hybridized carbons (Fsp3) is 0.214. The van der Waals surface area contributed by atoms with Gasteiger partial charge in [0.2, 0.25) is 0 Å². The fourth-order valence-electron chi connectivity index (χ4n) is 1.60. The first-order valence-corrected chi connectivity index (χ1v) is 5.20. The molecule has 1 heterocycles. The summed E-state index contributed by atoms with van der Waals surface area (Å²) in [5.74, 6) is -0.273. The topological polar surface area (TPSA) is 12.9 Å². The Kier molecular flexibility index (Phi) is 2.87. The van der Waals surface area contributed by atoms with Crippen molar-refractivity contribution in [1.29, 1.82) is 0 Å². The van der Waals surface area contributed by atoms with E-state index in [1.54, 1.807) is 6.07 Å². The Morgan fingerprint density at radius 1 is 1.19 bits per heavy atom. The zero-order chi connectivity index (χ0) is 11.5. The molecule has 1 aromatic carbocycles. The molecule has 1 atom stereocenters. The maximum atomic E-state index is 12.7. The number of halogens is 1. The van der Waals surface area contributed by atoms with Gasteiger partial charge >= 0.3 is 0 Å². The van der Waals surface area contributed by atoms with Crippen LogP contribution in [-0.2, 0) is 0 Å². The van der Waals surface area contributed by atoms with Gasteiger partial charge in [0.1, 0.15) is 0 Å². The first-order chi connectivity index (χ1) is 7.66. The van der Waals surface area contributed by atoms with Crippen molar-refractivity contribution in [3.8, 4) is 0 Å². The lowest BCUT2D eigenvalue weighted by Gasteiger charge is -2.09. The zero-order valence-corrected chi connectivity index (χ0v) is 9.29. The van der Waals surface area contributed by atoms with E-state index in [-0.39, 0.29) is 11.7 Å². The van der Waals surface area contributed by atoms with Crippen molar-refractivity contribution in [3.63, 3.8) is 0 Å². The summed E-state index contributed by atoms with van der Waals surface area (Å²) in [5.41, 5.74) is 2.85. The third-order valence-electron chi connectivity index (χ3n) is 2.56. The standard InChI is InChI=1S/C14H12FN/c1-10-4-3-5-14(16-10)11(2)12-6-8-13(15)9-7-12/h3-6,8,11H,1-2H3. The highest BCUT2D eigenvalue weighted by molar-refractivity contribution is 5.25. The molecule has 1 nitrogen and oxygen atoms in total. The minimum atomic E-state index is -0.381. The summed E-state index contributed by atoms with van der Waals surface area (Å²) in [4.78, 5) is 4.44. The largest absolute Gasteiger partial charge is 0.258 e. The van der Waals surface area contributed by atoms with Gasteiger partial charge in [-0.05, 0) is 37.3 Å². The molecule has 1 aromatic heterocycles. The number of aryl methyl sites for hydroxylation is 1. The van der Waals surface area contributed by atoms with Gasteiger partial charge in [-0.1, -0.05) is 19.1 Å². The van der Waals surface area contributed by atoms with E-state index in [0.717, 1.165) is 17.0 Å². The van der Waals surface area contributed by atoms with Crippen LogP contribution in [0.4, 0.5) is 4.39 Å². The molecule has 0 fully saturated rings. The van der Waals surface area contributed by atoms with Crippen molar-refractivity contribution in [3.05, 3.63) is 65.2 Å². The number of hydrogen-bond acceptors (Lipinski definition) is 1. The Balaban J connectivity index is 2.31. The van der Waals surface area contributed by atoms with E-state index in [4.69, 9.17) is 0 Å². The van der Waals surface area contributed by atoms with E-state index in [1.165, 1.54) is 6.07 Å². The molecule has 1 unspecified atom stereocenters. The van der Waals surface area contributed by atoms with Crippen molar-refractivity contribution < 1.29 is 4.39 Å².